The van der Waals surface area contributed by atoms with Gasteiger partial charge in [0.05, 0.1) is 5.69 Å². The Bertz CT molecular complexity index is 4050. The summed E-state index contributed by atoms with van der Waals surface area (Å²) in [6.07, 6.45) is 3.44. The van der Waals surface area contributed by atoms with Crippen LogP contribution in [0.4, 0.5) is 51.2 Å². The molecule has 3 heterocycles. The first kappa shape index (κ1) is 54.3. The Kier molecular flexibility index (Phi) is 11.8. The lowest BCUT2D eigenvalue weighted by molar-refractivity contribution is 0.332. The summed E-state index contributed by atoms with van der Waals surface area (Å²) in [5.41, 5.74) is 28.8. The number of aryl methyl sites for hydroxylation is 2. The molecule has 0 radical (unpaired) electrons. The van der Waals surface area contributed by atoms with Crippen LogP contribution in [0.15, 0.2) is 144 Å². The van der Waals surface area contributed by atoms with Crippen molar-refractivity contribution in [3.8, 4) is 0 Å². The Morgan fingerprint density at radius 3 is 1.51 bits per heavy atom. The van der Waals surface area contributed by atoms with Crippen molar-refractivity contribution < 1.29 is 4.42 Å². The second-order valence-electron chi connectivity index (χ2n) is 31.0. The zero-order valence-electron chi connectivity index (χ0n) is 52.7. The lowest BCUT2D eigenvalue weighted by Gasteiger charge is -2.47. The monoisotopic (exact) mass is 1080 g/mol. The Morgan fingerprint density at radius 2 is 0.939 bits per heavy atom. The van der Waals surface area contributed by atoms with Crippen LogP contribution >= 0.6 is 0 Å². The first-order valence-corrected chi connectivity index (χ1v) is 30.5. The maximum Gasteiger partial charge on any atom is 0.252 e. The average molecular weight is 1080 g/mol. The van der Waals surface area contributed by atoms with Gasteiger partial charge in [0.15, 0.2) is 0 Å². The van der Waals surface area contributed by atoms with Gasteiger partial charge in [-0.1, -0.05) is 178 Å². The molecule has 0 saturated heterocycles. The van der Waals surface area contributed by atoms with Crippen molar-refractivity contribution in [2.75, 3.05) is 14.7 Å². The SMILES string of the molecule is Cc1cc2c3c(c1)N(c1ccc4c(oc5ccccc54)c1C(C)(C)C)c1cc(N(c4ccc(C(C)(C)C)cc4)c4ccc(C(C)(C)C)cc4)ccc1B3c1cc3c(cc1N2c1cc2c(cc1C)C(C)(C)CCC2(C)C)C(C)(C)CC3(C)C. The van der Waals surface area contributed by atoms with Crippen LogP contribution in [0.5, 0.6) is 0 Å². The number of benzene rings is 8. The molecule has 1 aromatic heterocycles. The highest BCUT2D eigenvalue weighted by Gasteiger charge is 2.49. The third-order valence-electron chi connectivity index (χ3n) is 19.8. The molecule has 2 aliphatic heterocycles. The molecule has 0 unspecified atom stereocenters. The van der Waals surface area contributed by atoms with Crippen molar-refractivity contribution in [3.63, 3.8) is 0 Å². The van der Waals surface area contributed by atoms with E-state index in [4.69, 9.17) is 4.42 Å². The first-order valence-electron chi connectivity index (χ1n) is 30.5. The van der Waals surface area contributed by atoms with E-state index < -0.39 is 0 Å². The van der Waals surface area contributed by atoms with Gasteiger partial charge in [-0.25, -0.2) is 0 Å². The molecule has 4 aliphatic rings. The Morgan fingerprint density at radius 1 is 0.439 bits per heavy atom. The van der Waals surface area contributed by atoms with E-state index in [9.17, 15) is 0 Å². The average Bonchev–Trinajstić information content (AvgIpc) is 3.89. The highest BCUT2D eigenvalue weighted by molar-refractivity contribution is 7.00. The summed E-state index contributed by atoms with van der Waals surface area (Å²) >= 11 is 0. The van der Waals surface area contributed by atoms with Crippen molar-refractivity contribution in [1.82, 2.24) is 0 Å². The summed E-state index contributed by atoms with van der Waals surface area (Å²) < 4.78 is 7.11. The topological polar surface area (TPSA) is 22.9 Å². The van der Waals surface area contributed by atoms with Crippen LogP contribution in [0.1, 0.15) is 187 Å². The Hall–Kier alpha value is -6.98. The van der Waals surface area contributed by atoms with Gasteiger partial charge in [0, 0.05) is 61.8 Å². The van der Waals surface area contributed by atoms with E-state index >= 15 is 0 Å². The lowest BCUT2D eigenvalue weighted by atomic mass is 9.33. The zero-order valence-corrected chi connectivity index (χ0v) is 52.7. The molecule has 8 aromatic carbocycles. The second-order valence-corrected chi connectivity index (χ2v) is 31.0. The molecule has 0 saturated carbocycles. The molecule has 0 bridgehead atoms. The zero-order chi connectivity index (χ0) is 58.3. The van der Waals surface area contributed by atoms with Gasteiger partial charge in [0.1, 0.15) is 11.2 Å². The van der Waals surface area contributed by atoms with E-state index in [0.29, 0.717) is 0 Å². The molecular weight excluding hydrogens is 994 g/mol. The fourth-order valence-corrected chi connectivity index (χ4v) is 15.5. The quantitative estimate of drug-likeness (QED) is 0.160. The van der Waals surface area contributed by atoms with Gasteiger partial charge in [0.25, 0.3) is 6.71 Å². The van der Waals surface area contributed by atoms with Gasteiger partial charge in [0.2, 0.25) is 0 Å². The molecule has 418 valence electrons. The van der Waals surface area contributed by atoms with Gasteiger partial charge in [-0.3, -0.25) is 0 Å². The minimum atomic E-state index is -0.310. The molecule has 9 aromatic rings. The smallest absolute Gasteiger partial charge is 0.252 e. The Labute approximate surface area is 491 Å². The Balaban J connectivity index is 1.15. The van der Waals surface area contributed by atoms with Crippen LogP contribution in [-0.4, -0.2) is 6.71 Å². The van der Waals surface area contributed by atoms with Crippen molar-refractivity contribution in [2.45, 2.75) is 189 Å². The third-order valence-corrected chi connectivity index (χ3v) is 19.8. The normalized spacial score (nSPS) is 17.4. The van der Waals surface area contributed by atoms with Gasteiger partial charge >= 0.3 is 0 Å². The van der Waals surface area contributed by atoms with E-state index in [0.717, 1.165) is 57.5 Å². The molecule has 0 N–H and O–H groups in total. The minimum absolute atomic E-state index is 0.00292. The number of furan rings is 1. The number of anilines is 9. The van der Waals surface area contributed by atoms with Crippen LogP contribution in [0.25, 0.3) is 21.9 Å². The third kappa shape index (κ3) is 8.35. The van der Waals surface area contributed by atoms with E-state index in [-0.39, 0.29) is 44.6 Å². The number of hydrogen-bond acceptors (Lipinski definition) is 4. The number of fused-ring (bicyclic) bond motifs is 9. The number of nitrogens with zero attached hydrogens (tertiary/aromatic N) is 3. The minimum Gasteiger partial charge on any atom is -0.456 e. The number of rotatable bonds is 5. The van der Waals surface area contributed by atoms with Crippen LogP contribution in [0.3, 0.4) is 0 Å². The molecule has 0 spiro atoms. The van der Waals surface area contributed by atoms with Crippen LogP contribution in [0.2, 0.25) is 0 Å². The summed E-state index contributed by atoms with van der Waals surface area (Å²) in [5.74, 6) is 0. The fourth-order valence-electron chi connectivity index (χ4n) is 15.5. The summed E-state index contributed by atoms with van der Waals surface area (Å²) in [7, 11) is 0. The number of para-hydroxylation sites is 1. The molecule has 0 fully saturated rings. The summed E-state index contributed by atoms with van der Waals surface area (Å²) in [5, 5.41) is 2.30. The molecule has 82 heavy (non-hydrogen) atoms. The maximum atomic E-state index is 7.11. The molecule has 0 amide bonds. The molecule has 4 nitrogen and oxygen atoms in total. The highest BCUT2D eigenvalue weighted by atomic mass is 16.3. The largest absolute Gasteiger partial charge is 0.456 e. The van der Waals surface area contributed by atoms with Gasteiger partial charge in [-0.15, -0.1) is 0 Å². The first-order chi connectivity index (χ1) is 38.3. The van der Waals surface area contributed by atoms with Crippen molar-refractivity contribution >= 4 is 96.2 Å². The highest BCUT2D eigenvalue weighted by Crippen LogP contribution is 2.56. The van der Waals surface area contributed by atoms with Crippen LogP contribution in [0, 0.1) is 13.8 Å². The molecular formula is C77H86BN3O. The van der Waals surface area contributed by atoms with E-state index in [1.54, 1.807) is 0 Å². The van der Waals surface area contributed by atoms with Gasteiger partial charge in [-0.2, -0.15) is 0 Å². The summed E-state index contributed by atoms with van der Waals surface area (Å²) in [6, 6.07) is 54.9. The summed E-state index contributed by atoms with van der Waals surface area (Å²) in [6.45, 7) is 45.3. The van der Waals surface area contributed by atoms with Gasteiger partial charge in [-0.05, 0) is 211 Å². The van der Waals surface area contributed by atoms with Crippen molar-refractivity contribution in [3.05, 3.63) is 190 Å². The van der Waals surface area contributed by atoms with Crippen molar-refractivity contribution in [2.24, 2.45) is 0 Å². The second kappa shape index (κ2) is 17.8. The van der Waals surface area contributed by atoms with E-state index in [1.165, 1.54) is 101 Å². The lowest BCUT2D eigenvalue weighted by Crippen LogP contribution is -2.61. The van der Waals surface area contributed by atoms with E-state index in [1.807, 2.05) is 0 Å². The molecule has 0 atom stereocenters. The van der Waals surface area contributed by atoms with Crippen LogP contribution in [-0.2, 0) is 37.9 Å². The van der Waals surface area contributed by atoms with Crippen molar-refractivity contribution in [1.29, 1.82) is 0 Å². The maximum absolute atomic E-state index is 7.11. The predicted octanol–water partition coefficient (Wildman–Crippen LogP) is 20.0. The van der Waals surface area contributed by atoms with Crippen LogP contribution < -0.4 is 31.1 Å². The molecule has 5 heteroatoms. The summed E-state index contributed by atoms with van der Waals surface area (Å²) in [4.78, 5) is 7.87. The standard InChI is InChI=1S/C77H86BN3O/c1-46-38-65-69-66(39-46)81(62-43-57-55(40-47(62)2)74(12,13)36-37-75(57,14)15)64-44-58-56(76(16,17)45-77(58,18)19)42-60(64)78(69)59-34-32-52(79(50-28-24-48(25-29-50)71(3,4)5)51-30-26-49(27-31-51)72(6,7)8)41-63(59)80(65)61-35-33-54-53-22-20-21-23-67(53)82-70(54)68(61)73(9,10)11/h20-35,38-44H,36-37,45H2,1-19H3. The molecule has 2 aliphatic carbocycles. The molecule has 13 rings (SSSR count). The number of hydrogen-bond donors (Lipinski definition) is 0. The fraction of sp³-hybridized carbons (Fsp3) is 0.377. The predicted molar refractivity (Wildman–Crippen MR) is 354 cm³/mol. The van der Waals surface area contributed by atoms with E-state index in [2.05, 4.69) is 286 Å². The van der Waals surface area contributed by atoms with Gasteiger partial charge < -0.3 is 19.1 Å².